The highest BCUT2D eigenvalue weighted by Crippen LogP contribution is 2.33. The van der Waals surface area contributed by atoms with Gasteiger partial charge in [0.1, 0.15) is 54.9 Å². The van der Waals surface area contributed by atoms with E-state index in [2.05, 4.69) is 5.32 Å². The summed E-state index contributed by atoms with van der Waals surface area (Å²) in [5.41, 5.74) is 4.03. The van der Waals surface area contributed by atoms with Crippen molar-refractivity contribution in [1.29, 1.82) is 0 Å². The van der Waals surface area contributed by atoms with Crippen molar-refractivity contribution in [3.05, 3.63) is 0 Å². The SMILES string of the molecule is O=C(NC1CC(NF)C(OC2CC(O)C(O)C(CNF)O2)C(OC2OC(CO)C(O)C2O)C1O)C(O)CCNF. The first-order valence-corrected chi connectivity index (χ1v) is 12.7. The first kappa shape index (κ1) is 33.2. The Morgan fingerprint density at radius 1 is 0.875 bits per heavy atom. The van der Waals surface area contributed by atoms with Gasteiger partial charge in [-0.15, -0.1) is 13.4 Å². The lowest BCUT2D eigenvalue weighted by molar-refractivity contribution is -0.306. The lowest BCUT2D eigenvalue weighted by Gasteiger charge is -2.47. The molecule has 2 heterocycles. The molecule has 234 valence electrons. The summed E-state index contributed by atoms with van der Waals surface area (Å²) in [6.45, 7) is -1.60. The van der Waals surface area contributed by atoms with Gasteiger partial charge in [-0.3, -0.25) is 4.79 Å². The van der Waals surface area contributed by atoms with E-state index in [0.717, 1.165) is 0 Å². The Hall–Kier alpha value is -1.30. The molecule has 0 bridgehead atoms. The maximum atomic E-state index is 14.1. The third-order valence-corrected chi connectivity index (χ3v) is 7.17. The number of hydrogen-bond acceptors (Lipinski definition) is 15. The molecule has 11 N–H and O–H groups in total. The summed E-state index contributed by atoms with van der Waals surface area (Å²) in [5.74, 6) is -1.02. The zero-order chi connectivity index (χ0) is 29.6. The van der Waals surface area contributed by atoms with Gasteiger partial charge in [0.2, 0.25) is 5.91 Å². The summed E-state index contributed by atoms with van der Waals surface area (Å²) in [6.07, 6.45) is -19.5. The second-order valence-corrected chi connectivity index (χ2v) is 9.89. The van der Waals surface area contributed by atoms with Crippen LogP contribution in [0.1, 0.15) is 19.3 Å². The van der Waals surface area contributed by atoms with E-state index in [1.807, 2.05) is 0 Å². The number of carbonyl (C=O) groups is 1. The Bertz CT molecular complexity index is 799. The number of nitrogens with one attached hydrogen (secondary N) is 4. The highest BCUT2D eigenvalue weighted by atomic mass is 19.2. The summed E-state index contributed by atoms with van der Waals surface area (Å²) in [7, 11) is 0. The molecule has 3 fully saturated rings. The predicted molar refractivity (Wildman–Crippen MR) is 122 cm³/mol. The van der Waals surface area contributed by atoms with Crippen LogP contribution in [0.15, 0.2) is 0 Å². The average molecular weight is 595 g/mol. The molecule has 1 amide bonds. The zero-order valence-corrected chi connectivity index (χ0v) is 21.1. The molecule has 0 spiro atoms. The first-order valence-electron chi connectivity index (χ1n) is 12.7. The van der Waals surface area contributed by atoms with Crippen LogP contribution in [-0.4, -0.2) is 147 Å². The maximum absolute atomic E-state index is 14.1. The van der Waals surface area contributed by atoms with Crippen LogP contribution in [0.4, 0.5) is 13.4 Å². The van der Waals surface area contributed by atoms with E-state index in [0.29, 0.717) is 0 Å². The summed E-state index contributed by atoms with van der Waals surface area (Å²) in [5, 5.41) is 73.4. The average Bonchev–Trinajstić information content (AvgIpc) is 3.21. The van der Waals surface area contributed by atoms with Gasteiger partial charge in [-0.1, -0.05) is 0 Å². The summed E-state index contributed by atoms with van der Waals surface area (Å²) in [6, 6.07) is -2.69. The van der Waals surface area contributed by atoms with Crippen molar-refractivity contribution in [3.63, 3.8) is 0 Å². The Kier molecular flexibility index (Phi) is 12.7. The van der Waals surface area contributed by atoms with E-state index in [1.165, 1.54) is 16.6 Å². The van der Waals surface area contributed by atoms with Crippen molar-refractivity contribution >= 4 is 5.91 Å². The lowest BCUT2D eigenvalue weighted by Crippen LogP contribution is -2.67. The van der Waals surface area contributed by atoms with E-state index in [4.69, 9.17) is 18.9 Å². The zero-order valence-electron chi connectivity index (χ0n) is 21.1. The Balaban J connectivity index is 1.83. The second kappa shape index (κ2) is 15.3. The van der Waals surface area contributed by atoms with Crippen molar-refractivity contribution in [2.45, 2.75) is 105 Å². The quantitative estimate of drug-likeness (QED) is 0.0893. The summed E-state index contributed by atoms with van der Waals surface area (Å²) >= 11 is 0. The van der Waals surface area contributed by atoms with Crippen LogP contribution in [0.2, 0.25) is 0 Å². The van der Waals surface area contributed by atoms with Gasteiger partial charge < -0.3 is 60.0 Å². The Morgan fingerprint density at radius 2 is 1.60 bits per heavy atom. The second-order valence-electron chi connectivity index (χ2n) is 9.89. The number of carbonyl (C=O) groups excluding carboxylic acids is 1. The third kappa shape index (κ3) is 7.75. The van der Waals surface area contributed by atoms with Crippen molar-refractivity contribution < 1.29 is 72.9 Å². The van der Waals surface area contributed by atoms with Crippen LogP contribution in [0.3, 0.4) is 0 Å². The van der Waals surface area contributed by atoms with E-state index < -0.39 is 105 Å². The van der Waals surface area contributed by atoms with Crippen LogP contribution < -0.4 is 21.9 Å². The normalized spacial score (nSPS) is 43.0. The van der Waals surface area contributed by atoms with Crippen molar-refractivity contribution in [1.82, 2.24) is 21.9 Å². The number of rotatable bonds is 13. The van der Waals surface area contributed by atoms with Crippen molar-refractivity contribution in [2.75, 3.05) is 19.7 Å². The van der Waals surface area contributed by atoms with Crippen LogP contribution in [0.5, 0.6) is 0 Å². The molecule has 1 aliphatic carbocycles. The van der Waals surface area contributed by atoms with Gasteiger partial charge in [-0.2, -0.15) is 16.6 Å². The topological polar surface area (TPSA) is 244 Å². The fraction of sp³-hybridized carbons (Fsp3) is 0.952. The molecule has 2 aliphatic heterocycles. The fourth-order valence-electron chi connectivity index (χ4n) is 4.94. The maximum Gasteiger partial charge on any atom is 0.249 e. The molecule has 3 rings (SSSR count). The van der Waals surface area contributed by atoms with Gasteiger partial charge >= 0.3 is 0 Å². The monoisotopic (exact) mass is 594 g/mol. The molecule has 14 unspecified atom stereocenters. The minimum absolute atomic E-state index is 0.327. The van der Waals surface area contributed by atoms with Gasteiger partial charge in [-0.05, 0) is 12.8 Å². The van der Waals surface area contributed by atoms with Crippen LogP contribution >= 0.6 is 0 Å². The Morgan fingerprint density at radius 3 is 2.20 bits per heavy atom. The number of halogens is 3. The molecule has 14 atom stereocenters. The lowest BCUT2D eigenvalue weighted by atomic mass is 9.83. The smallest absolute Gasteiger partial charge is 0.249 e. The van der Waals surface area contributed by atoms with Gasteiger partial charge in [0, 0.05) is 13.0 Å². The largest absolute Gasteiger partial charge is 0.394 e. The molecule has 0 radical (unpaired) electrons. The van der Waals surface area contributed by atoms with Gasteiger partial charge in [0.15, 0.2) is 12.6 Å². The highest BCUT2D eigenvalue weighted by Gasteiger charge is 2.52. The van der Waals surface area contributed by atoms with Gasteiger partial charge in [-0.25, -0.2) is 0 Å². The molecule has 40 heavy (non-hydrogen) atoms. The highest BCUT2D eigenvalue weighted by molar-refractivity contribution is 5.80. The molecule has 2 saturated heterocycles. The fourth-order valence-corrected chi connectivity index (χ4v) is 4.94. The standard InChI is InChI=1S/C21H37F3N4O12/c22-25-2-1-9(30)20(36)27-7-3-8(28-24)18(39-13-4-10(31)15(33)11(37-13)5-26-23)19(14(7)32)40-21-17(35)16(34)12(6-29)38-21/h7-19,21,25-26,28-35H,1-6H2,(H,27,36). The van der Waals surface area contributed by atoms with E-state index in [9.17, 15) is 54.0 Å². The van der Waals surface area contributed by atoms with E-state index >= 15 is 0 Å². The van der Waals surface area contributed by atoms with E-state index in [1.54, 1.807) is 0 Å². The Labute approximate surface area is 226 Å². The number of aliphatic hydroxyl groups is 7. The third-order valence-electron chi connectivity index (χ3n) is 7.17. The number of amides is 1. The predicted octanol–water partition coefficient (Wildman–Crippen LogP) is -5.18. The van der Waals surface area contributed by atoms with E-state index in [-0.39, 0.29) is 25.8 Å². The molecule has 3 aliphatic rings. The molecular weight excluding hydrogens is 557 g/mol. The molecule has 1 saturated carbocycles. The molecule has 16 nitrogen and oxygen atoms in total. The first-order chi connectivity index (χ1) is 19.1. The minimum atomic E-state index is -1.74. The summed E-state index contributed by atoms with van der Waals surface area (Å²) in [4.78, 5) is 12.4. The van der Waals surface area contributed by atoms with Crippen molar-refractivity contribution in [3.8, 4) is 0 Å². The van der Waals surface area contributed by atoms with Crippen LogP contribution in [0, 0.1) is 0 Å². The minimum Gasteiger partial charge on any atom is -0.394 e. The number of hydrogen-bond donors (Lipinski definition) is 11. The van der Waals surface area contributed by atoms with Crippen LogP contribution in [0.25, 0.3) is 0 Å². The summed E-state index contributed by atoms with van der Waals surface area (Å²) < 4.78 is 61.3. The van der Waals surface area contributed by atoms with Crippen LogP contribution in [-0.2, 0) is 23.7 Å². The van der Waals surface area contributed by atoms with Gasteiger partial charge in [0.05, 0.1) is 31.3 Å². The molecule has 19 heteroatoms. The number of ether oxygens (including phenoxy) is 4. The molecule has 0 aromatic heterocycles. The molecular formula is C21H37F3N4O12. The molecule has 0 aromatic carbocycles. The van der Waals surface area contributed by atoms with Gasteiger partial charge in [0.25, 0.3) is 0 Å². The molecule has 0 aromatic rings. The number of aliphatic hydroxyl groups excluding tert-OH is 7. The van der Waals surface area contributed by atoms with Crippen molar-refractivity contribution in [2.24, 2.45) is 0 Å².